The second-order valence-electron chi connectivity index (χ2n) is 2.69. The summed E-state index contributed by atoms with van der Waals surface area (Å²) in [6.07, 6.45) is -0.925. The van der Waals surface area contributed by atoms with Crippen molar-refractivity contribution < 1.29 is 20.8 Å². The van der Waals surface area contributed by atoms with Gasteiger partial charge in [-0.15, -0.1) is 0 Å². The number of nitrogens with one attached hydrogen (secondary N) is 1. The first-order valence-electron chi connectivity index (χ1n) is 4.79. The monoisotopic (exact) mass is 210 g/mol. The van der Waals surface area contributed by atoms with Crippen molar-refractivity contribution in [2.24, 2.45) is 0 Å². The van der Waals surface area contributed by atoms with Gasteiger partial charge in [0, 0.05) is 0 Å². The highest BCUT2D eigenvalue weighted by atomic mass is 16.5. The Hall–Kier alpha value is -2.04. The van der Waals surface area contributed by atoms with Gasteiger partial charge in [-0.3, -0.25) is 4.79 Å². The molecule has 0 aliphatic carbocycles. The Labute approximate surface area is 88.1 Å². The Morgan fingerprint density at radius 1 is 1.40 bits per heavy atom. The molecule has 1 aromatic carbocycles. The van der Waals surface area contributed by atoms with Crippen molar-refractivity contribution in [2.45, 2.75) is 6.61 Å². The lowest BCUT2D eigenvalue weighted by Crippen LogP contribution is -2.29. The molecule has 0 bridgehead atoms. The van der Waals surface area contributed by atoms with Crippen LogP contribution in [-0.4, -0.2) is 23.7 Å². The van der Waals surface area contributed by atoms with E-state index in [9.17, 15) is 9.59 Å². The molecule has 1 aromatic rings. The molecule has 0 spiro atoms. The van der Waals surface area contributed by atoms with Gasteiger partial charge in [0.05, 0.1) is 1.37 Å². The molecule has 15 heavy (non-hydrogen) atoms. The molecule has 1 atom stereocenters. The maximum atomic E-state index is 11.0. The third kappa shape index (κ3) is 4.66. The van der Waals surface area contributed by atoms with Crippen molar-refractivity contribution in [1.82, 2.24) is 5.32 Å². The molecule has 0 fully saturated rings. The Morgan fingerprint density at radius 2 is 2.07 bits per heavy atom. The number of carboxylic acid groups (broad SMARTS) is 1. The highest BCUT2D eigenvalue weighted by molar-refractivity contribution is 5.76. The molecule has 0 saturated carbocycles. The normalized spacial score (nSPS) is 12.4. The lowest BCUT2D eigenvalue weighted by molar-refractivity contribution is -0.135. The number of aliphatic carboxylic acids is 1. The zero-order chi connectivity index (χ0) is 12.0. The van der Waals surface area contributed by atoms with Crippen molar-refractivity contribution >= 4 is 12.1 Å². The molecule has 5 nitrogen and oxygen atoms in total. The molecule has 0 radical (unpaired) electrons. The Morgan fingerprint density at radius 3 is 2.67 bits per heavy atom. The molecule has 0 unspecified atom stereocenters. The minimum absolute atomic E-state index is 0.0407. The largest absolute Gasteiger partial charge is 0.480 e. The Balaban J connectivity index is 2.33. The minimum Gasteiger partial charge on any atom is -0.480 e. The van der Waals surface area contributed by atoms with Crippen molar-refractivity contribution in [3.8, 4) is 0 Å². The molecule has 1 rings (SSSR count). The van der Waals surface area contributed by atoms with E-state index in [1.54, 1.807) is 24.3 Å². The van der Waals surface area contributed by atoms with Gasteiger partial charge in [0.1, 0.15) is 13.1 Å². The number of carbonyl (C=O) groups excluding carboxylic acids is 1. The van der Waals surface area contributed by atoms with Crippen molar-refractivity contribution in [3.05, 3.63) is 35.9 Å². The molecular formula is C10H11NO4. The van der Waals surface area contributed by atoms with E-state index < -0.39 is 18.6 Å². The molecule has 0 aliphatic rings. The lowest BCUT2D eigenvalue weighted by atomic mass is 10.2. The number of carboxylic acids is 1. The maximum absolute atomic E-state index is 11.0. The first-order chi connectivity index (χ1) is 7.59. The summed E-state index contributed by atoms with van der Waals surface area (Å²) in [6, 6.07) is 8.95. The van der Waals surface area contributed by atoms with Gasteiger partial charge in [0.25, 0.3) is 0 Å². The highest BCUT2D eigenvalue weighted by Gasteiger charge is 2.04. The molecule has 0 aromatic heterocycles. The number of ether oxygens (including phenoxy) is 1. The molecule has 80 valence electrons. The average molecular weight is 210 g/mol. The van der Waals surface area contributed by atoms with Crippen LogP contribution in [0.3, 0.4) is 0 Å². The van der Waals surface area contributed by atoms with Gasteiger partial charge in [0.2, 0.25) is 0 Å². The van der Waals surface area contributed by atoms with E-state index in [1.807, 2.05) is 11.4 Å². The van der Waals surface area contributed by atoms with E-state index in [-0.39, 0.29) is 6.61 Å². The quantitative estimate of drug-likeness (QED) is 0.777. The number of amides is 1. The van der Waals surface area contributed by atoms with Crippen LogP contribution < -0.4 is 5.32 Å². The van der Waals surface area contributed by atoms with Gasteiger partial charge in [-0.2, -0.15) is 0 Å². The molecule has 2 N–H and O–H groups in total. The van der Waals surface area contributed by atoms with Gasteiger partial charge in [0.15, 0.2) is 0 Å². The summed E-state index contributed by atoms with van der Waals surface area (Å²) in [5, 5.41) is 10.2. The van der Waals surface area contributed by atoms with Crippen LogP contribution in [0.5, 0.6) is 0 Å². The molecule has 0 saturated heterocycles. The van der Waals surface area contributed by atoms with Crippen LogP contribution in [0.25, 0.3) is 0 Å². The van der Waals surface area contributed by atoms with Crippen LogP contribution in [0.15, 0.2) is 30.3 Å². The zero-order valence-electron chi connectivity index (χ0n) is 8.84. The van der Waals surface area contributed by atoms with Crippen molar-refractivity contribution in [1.29, 1.82) is 0 Å². The maximum Gasteiger partial charge on any atom is 0.407 e. The molecule has 5 heteroatoms. The number of carbonyl (C=O) groups is 2. The van der Waals surface area contributed by atoms with Crippen LogP contribution in [0.4, 0.5) is 4.79 Å². The first kappa shape index (κ1) is 9.51. The van der Waals surface area contributed by atoms with Crippen LogP contribution in [0.1, 0.15) is 6.93 Å². The highest BCUT2D eigenvalue weighted by Crippen LogP contribution is 2.00. The van der Waals surface area contributed by atoms with Gasteiger partial charge >= 0.3 is 12.1 Å². The Bertz CT molecular complexity index is 368. The van der Waals surface area contributed by atoms with Crippen molar-refractivity contribution in [3.63, 3.8) is 0 Å². The number of rotatable bonds is 4. The van der Waals surface area contributed by atoms with E-state index in [2.05, 4.69) is 0 Å². The van der Waals surface area contributed by atoms with Gasteiger partial charge in [-0.1, -0.05) is 30.3 Å². The summed E-state index contributed by atoms with van der Waals surface area (Å²) in [5.74, 6) is -1.43. The van der Waals surface area contributed by atoms with E-state index in [0.29, 0.717) is 0 Å². The van der Waals surface area contributed by atoms with Crippen LogP contribution in [0, 0.1) is 0 Å². The molecular weight excluding hydrogens is 198 g/mol. The van der Waals surface area contributed by atoms with Gasteiger partial charge in [-0.05, 0) is 5.56 Å². The molecule has 0 aliphatic heterocycles. The standard InChI is InChI=1S/C10H11NO4/c12-9(13)6-11-10(14)15-7-8-4-2-1-3-5-8/h1-5H,6-7H2,(H,11,14)(H,12,13)/i6D/t6-/m0/s1. The first-order valence-corrected chi connectivity index (χ1v) is 4.22. The third-order valence-corrected chi connectivity index (χ3v) is 1.53. The fourth-order valence-corrected chi connectivity index (χ4v) is 0.885. The fourth-order valence-electron chi connectivity index (χ4n) is 0.885. The smallest absolute Gasteiger partial charge is 0.407 e. The summed E-state index contributed by atoms with van der Waals surface area (Å²) in [4.78, 5) is 21.3. The van der Waals surface area contributed by atoms with Crippen LogP contribution in [-0.2, 0) is 16.1 Å². The lowest BCUT2D eigenvalue weighted by Gasteiger charge is -2.04. The fraction of sp³-hybridized carbons (Fsp3) is 0.200. The zero-order valence-corrected chi connectivity index (χ0v) is 7.84. The number of alkyl carbamates (subject to hydrolysis) is 1. The molecule has 0 heterocycles. The predicted octanol–water partition coefficient (Wildman–Crippen LogP) is 0.997. The van der Waals surface area contributed by atoms with Crippen LogP contribution >= 0.6 is 0 Å². The van der Waals surface area contributed by atoms with E-state index in [4.69, 9.17) is 11.2 Å². The number of hydrogen-bond acceptors (Lipinski definition) is 3. The SMILES string of the molecule is [2H][C@H](NC(=O)OCc1ccccc1)C(=O)O. The Kier molecular flexibility index (Phi) is 3.58. The summed E-state index contributed by atoms with van der Waals surface area (Å²) in [7, 11) is 0. The van der Waals surface area contributed by atoms with E-state index >= 15 is 0 Å². The number of benzene rings is 1. The second-order valence-corrected chi connectivity index (χ2v) is 2.69. The second kappa shape index (κ2) is 5.64. The van der Waals surface area contributed by atoms with Gasteiger partial charge in [-0.25, -0.2) is 4.79 Å². The summed E-state index contributed by atoms with van der Waals surface area (Å²) in [6.45, 7) is -1.66. The average Bonchev–Trinajstić information content (AvgIpc) is 2.27. The minimum atomic E-state index is -1.71. The predicted molar refractivity (Wildman–Crippen MR) is 52.3 cm³/mol. The molecule has 1 amide bonds. The van der Waals surface area contributed by atoms with E-state index in [0.717, 1.165) is 5.56 Å². The van der Waals surface area contributed by atoms with E-state index in [1.165, 1.54) is 0 Å². The summed E-state index contributed by atoms with van der Waals surface area (Å²) in [5.41, 5.74) is 0.787. The van der Waals surface area contributed by atoms with Crippen LogP contribution in [0.2, 0.25) is 0 Å². The summed E-state index contributed by atoms with van der Waals surface area (Å²) < 4.78 is 11.6. The van der Waals surface area contributed by atoms with Gasteiger partial charge < -0.3 is 15.2 Å². The number of hydrogen-bond donors (Lipinski definition) is 2. The summed E-state index contributed by atoms with van der Waals surface area (Å²) >= 11 is 0. The van der Waals surface area contributed by atoms with Crippen molar-refractivity contribution in [2.75, 3.05) is 6.52 Å². The third-order valence-electron chi connectivity index (χ3n) is 1.53. The topological polar surface area (TPSA) is 75.6 Å².